The second kappa shape index (κ2) is 9.62. The fourth-order valence-corrected chi connectivity index (χ4v) is 4.37. The molecule has 36 heavy (non-hydrogen) atoms. The second-order valence-electron chi connectivity index (χ2n) is 8.29. The third-order valence-electron chi connectivity index (χ3n) is 5.85. The number of nitrogens with zero attached hydrogens (tertiary/aromatic N) is 2. The smallest absolute Gasteiger partial charge is 0.346 e. The van der Waals surface area contributed by atoms with E-state index in [1.54, 1.807) is 42.5 Å². The summed E-state index contributed by atoms with van der Waals surface area (Å²) in [5, 5.41) is 3.71. The highest BCUT2D eigenvalue weighted by Crippen LogP contribution is 2.41. The van der Waals surface area contributed by atoms with Gasteiger partial charge in [0.25, 0.3) is 0 Å². The van der Waals surface area contributed by atoms with Gasteiger partial charge in [0.15, 0.2) is 0 Å². The lowest BCUT2D eigenvalue weighted by atomic mass is 9.82. The number of halogens is 5. The zero-order valence-corrected chi connectivity index (χ0v) is 19.4. The number of hydrogen-bond acceptors (Lipinski definition) is 3. The Bertz CT molecular complexity index is 1450. The van der Waals surface area contributed by atoms with Crippen LogP contribution in [0.3, 0.4) is 0 Å². The number of rotatable bonds is 6. The number of benzene rings is 3. The summed E-state index contributed by atoms with van der Waals surface area (Å²) in [4.78, 5) is 12.2. The third-order valence-corrected chi connectivity index (χ3v) is 6.07. The van der Waals surface area contributed by atoms with Gasteiger partial charge in [-0.2, -0.15) is 13.2 Å². The van der Waals surface area contributed by atoms with Crippen LogP contribution in [-0.2, 0) is 6.18 Å². The van der Waals surface area contributed by atoms with Crippen molar-refractivity contribution in [2.75, 3.05) is 5.32 Å². The lowest BCUT2D eigenvalue weighted by molar-refractivity contribution is -0.137. The summed E-state index contributed by atoms with van der Waals surface area (Å²) in [5.41, 5.74) is 1.73. The number of fused-ring (bicyclic) bond motifs is 1. The molecule has 0 saturated heterocycles. The monoisotopic (exact) mass is 510 g/mol. The molecule has 9 heteroatoms. The van der Waals surface area contributed by atoms with Gasteiger partial charge in [-0.3, -0.25) is 4.98 Å². The molecule has 3 aromatic carbocycles. The minimum atomic E-state index is -4.71. The zero-order valence-electron chi connectivity index (χ0n) is 18.6. The normalized spacial score (nSPS) is 13.5. The first-order chi connectivity index (χ1) is 17.3. The van der Waals surface area contributed by atoms with Crippen LogP contribution < -0.4 is 5.32 Å². The lowest BCUT2D eigenvalue weighted by Gasteiger charge is -2.29. The maximum atomic E-state index is 14.5. The average molecular weight is 511 g/mol. The van der Waals surface area contributed by atoms with E-state index in [-0.39, 0.29) is 5.56 Å². The summed E-state index contributed by atoms with van der Waals surface area (Å²) in [6, 6.07) is 21.5. The van der Waals surface area contributed by atoms with Crippen molar-refractivity contribution in [3.8, 4) is 0 Å². The van der Waals surface area contributed by atoms with Crippen molar-refractivity contribution in [2.24, 2.45) is 0 Å². The third kappa shape index (κ3) is 5.04. The van der Waals surface area contributed by atoms with E-state index in [1.807, 2.05) is 24.3 Å². The van der Waals surface area contributed by atoms with Crippen LogP contribution in [0.2, 0.25) is 5.02 Å². The Morgan fingerprint density at radius 1 is 0.861 bits per heavy atom. The summed E-state index contributed by atoms with van der Waals surface area (Å²) in [6.07, 6.45) is -3.25. The molecule has 2 aromatic heterocycles. The molecule has 0 saturated carbocycles. The van der Waals surface area contributed by atoms with E-state index in [9.17, 15) is 17.6 Å². The van der Waals surface area contributed by atoms with Crippen LogP contribution in [0.15, 0.2) is 91.1 Å². The Kier molecular flexibility index (Phi) is 6.36. The SMILES string of the molecule is Fc1cc(C(c2ccccc2)C(Nc2nc3ccccc3[nH]2)c2ccc(Cl)cn2)cc(C(F)(F)F)c1. The van der Waals surface area contributed by atoms with Gasteiger partial charge in [0.2, 0.25) is 5.95 Å². The van der Waals surface area contributed by atoms with Gasteiger partial charge in [-0.25, -0.2) is 9.37 Å². The molecule has 5 rings (SSSR count). The van der Waals surface area contributed by atoms with Crippen molar-refractivity contribution < 1.29 is 17.6 Å². The van der Waals surface area contributed by atoms with Gasteiger partial charge in [-0.15, -0.1) is 0 Å². The Labute approximate surface area is 209 Å². The number of aromatic amines is 1. The van der Waals surface area contributed by atoms with Gasteiger partial charge >= 0.3 is 6.18 Å². The number of para-hydroxylation sites is 2. The number of nitrogens with one attached hydrogen (secondary N) is 2. The maximum absolute atomic E-state index is 14.5. The highest BCUT2D eigenvalue weighted by Gasteiger charge is 2.34. The standard InChI is InChI=1S/C27H19ClF4N4/c28-19-10-11-23(33-15-19)25(36-26-34-21-8-4-5-9-22(21)35-26)24(16-6-2-1-3-7-16)17-12-18(27(30,31)32)14-20(29)13-17/h1-15,24-25H,(H2,34,35,36). The molecule has 0 aliphatic carbocycles. The number of pyridine rings is 1. The van der Waals surface area contributed by atoms with Gasteiger partial charge in [-0.05, 0) is 53.6 Å². The van der Waals surface area contributed by atoms with Gasteiger partial charge < -0.3 is 10.3 Å². The Morgan fingerprint density at radius 2 is 1.61 bits per heavy atom. The van der Waals surface area contributed by atoms with Crippen molar-refractivity contribution in [3.05, 3.63) is 124 Å². The fourth-order valence-electron chi connectivity index (χ4n) is 4.26. The van der Waals surface area contributed by atoms with Crippen molar-refractivity contribution in [1.82, 2.24) is 15.0 Å². The first-order valence-electron chi connectivity index (χ1n) is 11.0. The largest absolute Gasteiger partial charge is 0.416 e. The van der Waals surface area contributed by atoms with Gasteiger partial charge in [0.05, 0.1) is 33.4 Å². The van der Waals surface area contributed by atoms with E-state index in [4.69, 9.17) is 11.6 Å². The molecule has 0 bridgehead atoms. The minimum Gasteiger partial charge on any atom is -0.346 e. The van der Waals surface area contributed by atoms with Crippen LogP contribution in [0.4, 0.5) is 23.5 Å². The molecule has 5 aromatic rings. The maximum Gasteiger partial charge on any atom is 0.416 e. The van der Waals surface area contributed by atoms with Gasteiger partial charge in [0, 0.05) is 12.1 Å². The Hall–Kier alpha value is -3.91. The average Bonchev–Trinajstić information content (AvgIpc) is 3.27. The molecule has 0 spiro atoms. The highest BCUT2D eigenvalue weighted by molar-refractivity contribution is 6.30. The molecule has 0 amide bonds. The van der Waals surface area contributed by atoms with Crippen LogP contribution in [0.25, 0.3) is 11.0 Å². The van der Waals surface area contributed by atoms with Gasteiger partial charge in [0.1, 0.15) is 5.82 Å². The minimum absolute atomic E-state index is 0.138. The quantitative estimate of drug-likeness (QED) is 0.230. The molecule has 2 unspecified atom stereocenters. The number of imidazole rings is 1. The Morgan fingerprint density at radius 3 is 2.31 bits per heavy atom. The van der Waals surface area contributed by atoms with E-state index in [0.29, 0.717) is 33.8 Å². The van der Waals surface area contributed by atoms with Crippen LogP contribution in [0.1, 0.15) is 34.3 Å². The van der Waals surface area contributed by atoms with E-state index < -0.39 is 29.5 Å². The number of H-pyrrole nitrogens is 1. The number of anilines is 1. The fraction of sp³-hybridized carbons (Fsp3) is 0.111. The van der Waals surface area contributed by atoms with Crippen LogP contribution in [0.5, 0.6) is 0 Å². The molecule has 4 nitrogen and oxygen atoms in total. The van der Waals surface area contributed by atoms with Crippen LogP contribution >= 0.6 is 11.6 Å². The topological polar surface area (TPSA) is 53.6 Å². The number of hydrogen-bond donors (Lipinski definition) is 2. The van der Waals surface area contributed by atoms with Gasteiger partial charge in [-0.1, -0.05) is 54.1 Å². The highest BCUT2D eigenvalue weighted by atomic mass is 35.5. The molecular weight excluding hydrogens is 492 g/mol. The van der Waals surface area contributed by atoms with E-state index in [2.05, 4.69) is 20.3 Å². The Balaban J connectivity index is 1.69. The molecule has 0 aliphatic heterocycles. The number of aromatic nitrogens is 3. The summed E-state index contributed by atoms with van der Waals surface area (Å²) in [6.45, 7) is 0. The van der Waals surface area contributed by atoms with E-state index in [1.165, 1.54) is 6.20 Å². The molecule has 2 atom stereocenters. The first kappa shape index (κ1) is 23.8. The summed E-state index contributed by atoms with van der Waals surface area (Å²) < 4.78 is 55.4. The molecule has 0 aliphatic rings. The second-order valence-corrected chi connectivity index (χ2v) is 8.72. The molecule has 2 N–H and O–H groups in total. The van der Waals surface area contributed by atoms with Crippen molar-refractivity contribution in [2.45, 2.75) is 18.1 Å². The van der Waals surface area contributed by atoms with E-state index >= 15 is 0 Å². The number of alkyl halides is 3. The lowest BCUT2D eigenvalue weighted by Crippen LogP contribution is -2.23. The molecular formula is C27H19ClF4N4. The van der Waals surface area contributed by atoms with Crippen molar-refractivity contribution in [3.63, 3.8) is 0 Å². The molecule has 0 radical (unpaired) electrons. The van der Waals surface area contributed by atoms with Crippen molar-refractivity contribution in [1.29, 1.82) is 0 Å². The molecule has 0 fully saturated rings. The summed E-state index contributed by atoms with van der Waals surface area (Å²) in [7, 11) is 0. The molecule has 2 heterocycles. The predicted molar refractivity (Wildman–Crippen MR) is 131 cm³/mol. The van der Waals surface area contributed by atoms with E-state index in [0.717, 1.165) is 17.6 Å². The summed E-state index contributed by atoms with van der Waals surface area (Å²) in [5.74, 6) is -1.34. The zero-order chi connectivity index (χ0) is 25.3. The predicted octanol–water partition coefficient (Wildman–Crippen LogP) is 7.75. The molecule has 182 valence electrons. The summed E-state index contributed by atoms with van der Waals surface area (Å²) >= 11 is 6.06. The van der Waals surface area contributed by atoms with Crippen LogP contribution in [0, 0.1) is 5.82 Å². The van der Waals surface area contributed by atoms with Crippen molar-refractivity contribution >= 4 is 28.6 Å². The van der Waals surface area contributed by atoms with Crippen LogP contribution in [-0.4, -0.2) is 15.0 Å². The first-order valence-corrected chi connectivity index (χ1v) is 11.4.